The second-order valence-electron chi connectivity index (χ2n) is 5.79. The minimum absolute atomic E-state index is 0.0159. The molecule has 0 spiro atoms. The summed E-state index contributed by atoms with van der Waals surface area (Å²) in [5, 5.41) is -0.409. The summed E-state index contributed by atoms with van der Waals surface area (Å²) in [6.45, 7) is 5.93. The predicted octanol–water partition coefficient (Wildman–Crippen LogP) is 3.29. The van der Waals surface area contributed by atoms with Crippen LogP contribution in [0, 0.1) is 17.0 Å². The third kappa shape index (κ3) is 5.34. The van der Waals surface area contributed by atoms with Crippen molar-refractivity contribution in [3.8, 4) is 0 Å². The number of benzene rings is 1. The van der Waals surface area contributed by atoms with Crippen LogP contribution in [0.25, 0.3) is 0 Å². The van der Waals surface area contributed by atoms with Gasteiger partial charge < -0.3 is 0 Å². The first-order valence-electron chi connectivity index (χ1n) is 6.10. The van der Waals surface area contributed by atoms with E-state index in [1.54, 1.807) is 0 Å². The van der Waals surface area contributed by atoms with Crippen LogP contribution in [0.15, 0.2) is 23.1 Å². The Morgan fingerprint density at radius 3 is 2.40 bits per heavy atom. The molecule has 0 bridgehead atoms. The number of hydrogen-bond donors (Lipinski definition) is 1. The van der Waals surface area contributed by atoms with Gasteiger partial charge in [0.05, 0.1) is 0 Å². The summed E-state index contributed by atoms with van der Waals surface area (Å²) in [6.07, 6.45) is 0.600. The van der Waals surface area contributed by atoms with E-state index in [4.69, 9.17) is 11.6 Å². The van der Waals surface area contributed by atoms with Crippen LogP contribution in [0.2, 0.25) is 0 Å². The van der Waals surface area contributed by atoms with Crippen LogP contribution in [0.1, 0.15) is 27.2 Å². The lowest BCUT2D eigenvalue weighted by molar-refractivity contribution is 0.369. The minimum Gasteiger partial charge on any atom is -0.210 e. The molecule has 0 saturated heterocycles. The Bertz CT molecular complexity index is 570. The van der Waals surface area contributed by atoms with Crippen LogP contribution in [0.4, 0.5) is 8.78 Å². The van der Waals surface area contributed by atoms with Gasteiger partial charge in [0.25, 0.3) is 0 Å². The van der Waals surface area contributed by atoms with Crippen LogP contribution in [0.3, 0.4) is 0 Å². The van der Waals surface area contributed by atoms with Crippen molar-refractivity contribution in [1.82, 2.24) is 4.72 Å². The summed E-state index contributed by atoms with van der Waals surface area (Å²) < 4.78 is 52.2. The second kappa shape index (κ2) is 6.37. The first kappa shape index (κ1) is 17.3. The lowest BCUT2D eigenvalue weighted by atomic mass is 9.90. The molecule has 3 nitrogen and oxygen atoms in total. The molecule has 0 fully saturated rings. The lowest BCUT2D eigenvalue weighted by Gasteiger charge is -2.22. The quantitative estimate of drug-likeness (QED) is 0.844. The van der Waals surface area contributed by atoms with Gasteiger partial charge in [-0.3, -0.25) is 0 Å². The summed E-state index contributed by atoms with van der Waals surface area (Å²) in [5.74, 6) is -1.95. The van der Waals surface area contributed by atoms with E-state index in [9.17, 15) is 17.2 Å². The molecule has 1 unspecified atom stereocenters. The molecule has 0 heterocycles. The first-order chi connectivity index (χ1) is 9.01. The van der Waals surface area contributed by atoms with Gasteiger partial charge in [0.15, 0.2) is 0 Å². The van der Waals surface area contributed by atoms with Crippen LogP contribution >= 0.6 is 11.6 Å². The summed E-state index contributed by atoms with van der Waals surface area (Å²) in [7, 11) is -4.03. The molecule has 0 aliphatic rings. The van der Waals surface area contributed by atoms with Gasteiger partial charge in [0, 0.05) is 18.0 Å². The zero-order valence-electron chi connectivity index (χ0n) is 11.6. The SMILES string of the molecule is CC(C)(C)CC(Cl)CNS(=O)(=O)c1ccc(F)cc1F. The van der Waals surface area contributed by atoms with Gasteiger partial charge >= 0.3 is 0 Å². The van der Waals surface area contributed by atoms with Crippen molar-refractivity contribution in [1.29, 1.82) is 0 Å². The smallest absolute Gasteiger partial charge is 0.210 e. The molecule has 1 aromatic rings. The van der Waals surface area contributed by atoms with Crippen molar-refractivity contribution >= 4 is 21.6 Å². The average Bonchev–Trinajstić information content (AvgIpc) is 2.23. The van der Waals surface area contributed by atoms with Crippen molar-refractivity contribution in [2.75, 3.05) is 6.54 Å². The molecular weight excluding hydrogens is 308 g/mol. The van der Waals surface area contributed by atoms with Crippen LogP contribution in [-0.2, 0) is 10.0 Å². The Morgan fingerprint density at radius 1 is 1.30 bits per heavy atom. The van der Waals surface area contributed by atoms with Crippen LogP contribution in [-0.4, -0.2) is 20.3 Å². The van der Waals surface area contributed by atoms with E-state index in [0.29, 0.717) is 12.5 Å². The number of halogens is 3. The average molecular weight is 326 g/mol. The number of sulfonamides is 1. The third-order valence-electron chi connectivity index (χ3n) is 2.51. The molecular formula is C13H18ClF2NO2S. The highest BCUT2D eigenvalue weighted by Crippen LogP contribution is 2.23. The van der Waals surface area contributed by atoms with Gasteiger partial charge in [0.2, 0.25) is 10.0 Å². The number of rotatable bonds is 5. The molecule has 1 rings (SSSR count). The molecule has 0 aromatic heterocycles. The molecule has 0 radical (unpaired) electrons. The zero-order chi connectivity index (χ0) is 15.6. The molecule has 1 atom stereocenters. The van der Waals surface area contributed by atoms with Gasteiger partial charge in [0.1, 0.15) is 16.5 Å². The largest absolute Gasteiger partial charge is 0.243 e. The number of alkyl halides is 1. The summed E-state index contributed by atoms with van der Waals surface area (Å²) in [6, 6.07) is 2.31. The molecule has 0 aliphatic carbocycles. The second-order valence-corrected chi connectivity index (χ2v) is 8.14. The van der Waals surface area contributed by atoms with Gasteiger partial charge in [-0.15, -0.1) is 11.6 Å². The highest BCUT2D eigenvalue weighted by atomic mass is 35.5. The predicted molar refractivity (Wildman–Crippen MR) is 75.3 cm³/mol. The molecule has 0 aliphatic heterocycles. The highest BCUT2D eigenvalue weighted by Gasteiger charge is 2.22. The molecule has 0 amide bonds. The molecule has 0 saturated carbocycles. The van der Waals surface area contributed by atoms with Crippen molar-refractivity contribution in [2.45, 2.75) is 37.5 Å². The van der Waals surface area contributed by atoms with E-state index in [1.165, 1.54) is 0 Å². The maximum atomic E-state index is 13.4. The van der Waals surface area contributed by atoms with E-state index in [-0.39, 0.29) is 12.0 Å². The van der Waals surface area contributed by atoms with E-state index >= 15 is 0 Å². The Kier molecular flexibility index (Phi) is 5.52. The standard InChI is InChI=1S/C13H18ClF2NO2S/c1-13(2,3)7-9(14)8-17-20(18,19)12-5-4-10(15)6-11(12)16/h4-6,9,17H,7-8H2,1-3H3. The lowest BCUT2D eigenvalue weighted by Crippen LogP contribution is -2.32. The zero-order valence-corrected chi connectivity index (χ0v) is 13.2. The maximum Gasteiger partial charge on any atom is 0.243 e. The number of hydrogen-bond acceptors (Lipinski definition) is 2. The maximum absolute atomic E-state index is 13.4. The van der Waals surface area contributed by atoms with E-state index in [1.807, 2.05) is 20.8 Å². The Hall–Kier alpha value is -0.720. The Balaban J connectivity index is 2.76. The highest BCUT2D eigenvalue weighted by molar-refractivity contribution is 7.89. The monoisotopic (exact) mass is 325 g/mol. The van der Waals surface area contributed by atoms with Crippen LogP contribution < -0.4 is 4.72 Å². The topological polar surface area (TPSA) is 46.2 Å². The normalized spacial score (nSPS) is 14.3. The van der Waals surface area contributed by atoms with Crippen molar-refractivity contribution in [2.24, 2.45) is 5.41 Å². The molecule has 20 heavy (non-hydrogen) atoms. The van der Waals surface area contributed by atoms with E-state index in [2.05, 4.69) is 4.72 Å². The Labute approximate surface area is 123 Å². The summed E-state index contributed by atoms with van der Waals surface area (Å²) in [5.41, 5.74) is -0.0427. The first-order valence-corrected chi connectivity index (χ1v) is 8.02. The van der Waals surface area contributed by atoms with Gasteiger partial charge in [-0.05, 0) is 24.0 Å². The number of nitrogens with one attached hydrogen (secondary N) is 1. The molecule has 1 N–H and O–H groups in total. The van der Waals surface area contributed by atoms with Gasteiger partial charge in [-0.25, -0.2) is 21.9 Å². The summed E-state index contributed by atoms with van der Waals surface area (Å²) in [4.78, 5) is -0.585. The van der Waals surface area contributed by atoms with Crippen molar-refractivity contribution < 1.29 is 17.2 Å². The summed E-state index contributed by atoms with van der Waals surface area (Å²) >= 11 is 6.04. The third-order valence-corrected chi connectivity index (χ3v) is 4.28. The van der Waals surface area contributed by atoms with Gasteiger partial charge in [-0.2, -0.15) is 0 Å². The van der Waals surface area contributed by atoms with E-state index in [0.717, 1.165) is 12.1 Å². The van der Waals surface area contributed by atoms with Gasteiger partial charge in [-0.1, -0.05) is 20.8 Å². The minimum atomic E-state index is -4.03. The Morgan fingerprint density at radius 2 is 1.90 bits per heavy atom. The fraction of sp³-hybridized carbons (Fsp3) is 0.538. The molecule has 1 aromatic carbocycles. The molecule has 114 valence electrons. The van der Waals surface area contributed by atoms with Crippen molar-refractivity contribution in [3.05, 3.63) is 29.8 Å². The van der Waals surface area contributed by atoms with E-state index < -0.39 is 31.9 Å². The fourth-order valence-electron chi connectivity index (χ4n) is 1.71. The fourth-order valence-corrected chi connectivity index (χ4v) is 3.48. The molecule has 7 heteroatoms. The van der Waals surface area contributed by atoms with Crippen molar-refractivity contribution in [3.63, 3.8) is 0 Å². The van der Waals surface area contributed by atoms with Crippen LogP contribution in [0.5, 0.6) is 0 Å².